The normalized spacial score (nSPS) is 19.3. The molecule has 0 spiro atoms. The third-order valence-electron chi connectivity index (χ3n) is 2.77. The number of nitrogens with two attached hydrogens (primary N) is 1. The lowest BCUT2D eigenvalue weighted by Crippen LogP contribution is -2.52. The van der Waals surface area contributed by atoms with Crippen LogP contribution in [0, 0.1) is 11.3 Å². The SMILES string of the molecule is CC(C#N)N1CCN(CC(=O)NC(N)=O)CC1. The first-order chi connectivity index (χ1) is 8.02. The Bertz CT molecular complexity index is 330. The van der Waals surface area contributed by atoms with Crippen molar-refractivity contribution in [3.63, 3.8) is 0 Å². The van der Waals surface area contributed by atoms with Gasteiger partial charge in [0.1, 0.15) is 0 Å². The van der Waals surface area contributed by atoms with E-state index in [-0.39, 0.29) is 18.5 Å². The maximum absolute atomic E-state index is 11.3. The van der Waals surface area contributed by atoms with Crippen molar-refractivity contribution in [1.29, 1.82) is 5.26 Å². The molecule has 0 radical (unpaired) electrons. The van der Waals surface area contributed by atoms with Gasteiger partial charge in [0.25, 0.3) is 0 Å². The van der Waals surface area contributed by atoms with Crippen LogP contribution in [0.3, 0.4) is 0 Å². The van der Waals surface area contributed by atoms with E-state index in [1.165, 1.54) is 0 Å². The molecular weight excluding hydrogens is 222 g/mol. The summed E-state index contributed by atoms with van der Waals surface area (Å²) in [5, 5.41) is 10.8. The minimum atomic E-state index is -0.827. The average Bonchev–Trinajstić information content (AvgIpc) is 2.28. The van der Waals surface area contributed by atoms with Crippen molar-refractivity contribution in [1.82, 2.24) is 15.1 Å². The molecule has 17 heavy (non-hydrogen) atoms. The van der Waals surface area contributed by atoms with E-state index in [0.29, 0.717) is 13.1 Å². The van der Waals surface area contributed by atoms with Crippen LogP contribution < -0.4 is 11.1 Å². The molecule has 7 heteroatoms. The number of nitriles is 1. The summed E-state index contributed by atoms with van der Waals surface area (Å²) in [6.45, 7) is 4.93. The topological polar surface area (TPSA) is 102 Å². The van der Waals surface area contributed by atoms with Crippen LogP contribution in [0.2, 0.25) is 0 Å². The summed E-state index contributed by atoms with van der Waals surface area (Å²) < 4.78 is 0. The first kappa shape index (κ1) is 13.4. The van der Waals surface area contributed by atoms with Crippen LogP contribution >= 0.6 is 0 Å². The summed E-state index contributed by atoms with van der Waals surface area (Å²) in [5.41, 5.74) is 4.84. The Morgan fingerprint density at radius 1 is 1.41 bits per heavy atom. The zero-order valence-electron chi connectivity index (χ0n) is 9.85. The molecule has 0 aromatic heterocycles. The molecule has 1 unspecified atom stereocenters. The summed E-state index contributed by atoms with van der Waals surface area (Å²) in [7, 11) is 0. The smallest absolute Gasteiger partial charge is 0.318 e. The Labute approximate surface area is 100 Å². The predicted octanol–water partition coefficient (Wildman–Crippen LogP) is -1.29. The van der Waals surface area contributed by atoms with Gasteiger partial charge in [-0.25, -0.2) is 4.79 Å². The molecule has 1 atom stereocenters. The van der Waals surface area contributed by atoms with Crippen LogP contribution in [-0.4, -0.2) is 60.5 Å². The molecule has 0 aromatic carbocycles. The fourth-order valence-electron chi connectivity index (χ4n) is 1.77. The largest absolute Gasteiger partial charge is 0.351 e. The van der Waals surface area contributed by atoms with E-state index in [2.05, 4.69) is 11.0 Å². The van der Waals surface area contributed by atoms with Gasteiger partial charge in [0.15, 0.2) is 0 Å². The molecule has 1 fully saturated rings. The number of imide groups is 1. The van der Waals surface area contributed by atoms with Gasteiger partial charge in [-0.3, -0.25) is 19.9 Å². The number of urea groups is 1. The Morgan fingerprint density at radius 3 is 2.47 bits per heavy atom. The van der Waals surface area contributed by atoms with Crippen LogP contribution in [0.15, 0.2) is 0 Å². The highest BCUT2D eigenvalue weighted by molar-refractivity contribution is 5.94. The minimum absolute atomic E-state index is 0.100. The number of hydrogen-bond donors (Lipinski definition) is 2. The van der Waals surface area contributed by atoms with E-state index in [1.807, 2.05) is 17.1 Å². The number of rotatable bonds is 3. The number of amides is 3. The number of nitrogens with one attached hydrogen (secondary N) is 1. The average molecular weight is 239 g/mol. The molecule has 1 rings (SSSR count). The van der Waals surface area contributed by atoms with Crippen LogP contribution in [0.4, 0.5) is 4.79 Å². The lowest BCUT2D eigenvalue weighted by Gasteiger charge is -2.35. The fourth-order valence-corrected chi connectivity index (χ4v) is 1.77. The Morgan fingerprint density at radius 2 is 2.00 bits per heavy atom. The standard InChI is InChI=1S/C10H17N5O2/c1-8(6-11)15-4-2-14(3-5-15)7-9(16)13-10(12)17/h8H,2-5,7H2,1H3,(H3,12,13,16,17). The summed E-state index contributed by atoms with van der Waals surface area (Å²) in [6.07, 6.45) is 0. The molecule has 7 nitrogen and oxygen atoms in total. The van der Waals surface area contributed by atoms with Gasteiger partial charge in [0, 0.05) is 26.2 Å². The Hall–Kier alpha value is -1.65. The van der Waals surface area contributed by atoms with Crippen LogP contribution in [-0.2, 0) is 4.79 Å². The van der Waals surface area contributed by atoms with Gasteiger partial charge < -0.3 is 5.73 Å². The third kappa shape index (κ3) is 4.38. The zero-order chi connectivity index (χ0) is 12.8. The van der Waals surface area contributed by atoms with Gasteiger partial charge in [-0.1, -0.05) is 0 Å². The maximum Gasteiger partial charge on any atom is 0.318 e. The van der Waals surface area contributed by atoms with E-state index in [9.17, 15) is 9.59 Å². The molecule has 3 amide bonds. The quantitative estimate of drug-likeness (QED) is 0.638. The molecule has 0 aromatic rings. The minimum Gasteiger partial charge on any atom is -0.351 e. The van der Waals surface area contributed by atoms with Gasteiger partial charge in [0.2, 0.25) is 5.91 Å². The lowest BCUT2D eigenvalue weighted by atomic mass is 10.2. The van der Waals surface area contributed by atoms with Crippen molar-refractivity contribution in [2.75, 3.05) is 32.7 Å². The van der Waals surface area contributed by atoms with Gasteiger partial charge in [-0.05, 0) is 6.92 Å². The van der Waals surface area contributed by atoms with E-state index < -0.39 is 6.03 Å². The summed E-state index contributed by atoms with van der Waals surface area (Å²) in [4.78, 5) is 25.7. The molecule has 94 valence electrons. The first-order valence-corrected chi connectivity index (χ1v) is 5.48. The van der Waals surface area contributed by atoms with Crippen molar-refractivity contribution in [2.45, 2.75) is 13.0 Å². The predicted molar refractivity (Wildman–Crippen MR) is 60.8 cm³/mol. The molecule has 3 N–H and O–H groups in total. The van der Waals surface area contributed by atoms with Gasteiger partial charge in [-0.15, -0.1) is 0 Å². The van der Waals surface area contributed by atoms with Crippen LogP contribution in [0.5, 0.6) is 0 Å². The molecule has 0 aliphatic carbocycles. The van der Waals surface area contributed by atoms with E-state index in [0.717, 1.165) is 13.1 Å². The maximum atomic E-state index is 11.3. The Kier molecular flexibility index (Phi) is 4.87. The molecule has 1 aliphatic heterocycles. The monoisotopic (exact) mass is 239 g/mol. The zero-order valence-corrected chi connectivity index (χ0v) is 9.85. The molecule has 1 heterocycles. The summed E-state index contributed by atoms with van der Waals surface area (Å²) in [5.74, 6) is -0.390. The molecule has 0 saturated carbocycles. The van der Waals surface area contributed by atoms with Crippen molar-refractivity contribution < 1.29 is 9.59 Å². The van der Waals surface area contributed by atoms with Crippen LogP contribution in [0.25, 0.3) is 0 Å². The first-order valence-electron chi connectivity index (χ1n) is 5.48. The summed E-state index contributed by atoms with van der Waals surface area (Å²) in [6, 6.07) is 1.26. The van der Waals surface area contributed by atoms with Crippen molar-refractivity contribution in [3.8, 4) is 6.07 Å². The highest BCUT2D eigenvalue weighted by atomic mass is 16.2. The van der Waals surface area contributed by atoms with Crippen molar-refractivity contribution >= 4 is 11.9 Å². The molecular formula is C10H17N5O2. The fraction of sp³-hybridized carbons (Fsp3) is 0.700. The van der Waals surface area contributed by atoms with E-state index >= 15 is 0 Å². The van der Waals surface area contributed by atoms with Gasteiger partial charge in [-0.2, -0.15) is 5.26 Å². The van der Waals surface area contributed by atoms with E-state index in [4.69, 9.17) is 11.0 Å². The lowest BCUT2D eigenvalue weighted by molar-refractivity contribution is -0.121. The van der Waals surface area contributed by atoms with E-state index in [1.54, 1.807) is 0 Å². The third-order valence-corrected chi connectivity index (χ3v) is 2.77. The highest BCUT2D eigenvalue weighted by Crippen LogP contribution is 2.05. The molecule has 1 aliphatic rings. The second kappa shape index (κ2) is 6.18. The number of nitrogens with zero attached hydrogens (tertiary/aromatic N) is 3. The number of hydrogen-bond acceptors (Lipinski definition) is 5. The second-order valence-electron chi connectivity index (χ2n) is 4.03. The number of primary amides is 1. The van der Waals surface area contributed by atoms with Crippen molar-refractivity contribution in [3.05, 3.63) is 0 Å². The summed E-state index contributed by atoms with van der Waals surface area (Å²) >= 11 is 0. The van der Waals surface area contributed by atoms with Gasteiger partial charge in [0.05, 0.1) is 18.7 Å². The van der Waals surface area contributed by atoms with Gasteiger partial charge >= 0.3 is 6.03 Å². The van der Waals surface area contributed by atoms with Crippen molar-refractivity contribution in [2.24, 2.45) is 5.73 Å². The highest BCUT2D eigenvalue weighted by Gasteiger charge is 2.22. The Balaban J connectivity index is 2.30. The number of carbonyl (C=O) groups excluding carboxylic acids is 2. The number of piperazine rings is 1. The molecule has 0 bridgehead atoms. The second-order valence-corrected chi connectivity index (χ2v) is 4.03. The van der Waals surface area contributed by atoms with Crippen LogP contribution in [0.1, 0.15) is 6.92 Å². The number of carbonyl (C=O) groups is 2. The molecule has 1 saturated heterocycles.